The van der Waals surface area contributed by atoms with Crippen molar-refractivity contribution in [3.05, 3.63) is 64.4 Å². The number of hydrogen-bond donors (Lipinski definition) is 2. The standard InChI is InChI=1S/C19H22ClF3N4O.HI/c1-24-18(25-9-8-15-6-7-17(20)26-10-15)27-11-14-2-4-16(5-3-14)12-28-13-19(21,22)23;/h2-7,10H,8-9,11-13H2,1H3,(H2,24,25,27);1H. The zero-order valence-corrected chi connectivity index (χ0v) is 18.9. The summed E-state index contributed by atoms with van der Waals surface area (Å²) in [4.78, 5) is 8.20. The highest BCUT2D eigenvalue weighted by Crippen LogP contribution is 2.15. The van der Waals surface area contributed by atoms with Gasteiger partial charge in [0, 0.05) is 26.3 Å². The number of aliphatic imine (C=N–C) groups is 1. The third kappa shape index (κ3) is 10.7. The number of nitrogens with zero attached hydrogens (tertiary/aromatic N) is 2. The highest BCUT2D eigenvalue weighted by molar-refractivity contribution is 14.0. The summed E-state index contributed by atoms with van der Waals surface area (Å²) in [6, 6.07) is 10.8. The van der Waals surface area contributed by atoms with E-state index in [0.29, 0.717) is 29.8 Å². The molecule has 0 aliphatic heterocycles. The molecule has 0 atom stereocenters. The number of aromatic nitrogens is 1. The lowest BCUT2D eigenvalue weighted by molar-refractivity contribution is -0.176. The molecule has 0 radical (unpaired) electrons. The van der Waals surface area contributed by atoms with Gasteiger partial charge in [0.05, 0.1) is 6.61 Å². The van der Waals surface area contributed by atoms with E-state index >= 15 is 0 Å². The minimum atomic E-state index is -4.31. The first-order valence-corrected chi connectivity index (χ1v) is 9.01. The van der Waals surface area contributed by atoms with E-state index < -0.39 is 12.8 Å². The average Bonchev–Trinajstić information content (AvgIpc) is 2.66. The number of hydrogen-bond acceptors (Lipinski definition) is 3. The van der Waals surface area contributed by atoms with Crippen LogP contribution in [0, 0.1) is 0 Å². The maximum Gasteiger partial charge on any atom is 0.411 e. The van der Waals surface area contributed by atoms with Crippen LogP contribution in [0.2, 0.25) is 5.15 Å². The van der Waals surface area contributed by atoms with Gasteiger partial charge in [-0.25, -0.2) is 4.98 Å². The summed E-state index contributed by atoms with van der Waals surface area (Å²) < 4.78 is 40.9. The predicted octanol–water partition coefficient (Wildman–Crippen LogP) is 4.34. The molecule has 1 heterocycles. The van der Waals surface area contributed by atoms with Gasteiger partial charge in [-0.2, -0.15) is 13.2 Å². The Kier molecular flexibility index (Phi) is 11.3. The molecule has 1 aromatic carbocycles. The highest BCUT2D eigenvalue weighted by Gasteiger charge is 2.27. The van der Waals surface area contributed by atoms with Crippen LogP contribution in [0.3, 0.4) is 0 Å². The van der Waals surface area contributed by atoms with Crippen molar-refractivity contribution in [3.63, 3.8) is 0 Å². The molecule has 2 N–H and O–H groups in total. The van der Waals surface area contributed by atoms with Crippen molar-refractivity contribution in [2.45, 2.75) is 25.7 Å². The molecule has 160 valence electrons. The Morgan fingerprint density at radius 3 is 2.31 bits per heavy atom. The predicted molar refractivity (Wildman–Crippen MR) is 119 cm³/mol. The Balaban J connectivity index is 0.00000420. The van der Waals surface area contributed by atoms with Gasteiger partial charge in [-0.15, -0.1) is 24.0 Å². The van der Waals surface area contributed by atoms with Crippen molar-refractivity contribution >= 4 is 41.5 Å². The van der Waals surface area contributed by atoms with Gasteiger partial charge >= 0.3 is 6.18 Å². The topological polar surface area (TPSA) is 58.5 Å². The molecule has 1 aromatic heterocycles. The molecule has 0 aliphatic carbocycles. The fraction of sp³-hybridized carbons (Fsp3) is 0.368. The van der Waals surface area contributed by atoms with Crippen molar-refractivity contribution in [2.75, 3.05) is 20.2 Å². The molecule has 0 spiro atoms. The summed E-state index contributed by atoms with van der Waals surface area (Å²) >= 11 is 5.76. The molecule has 2 rings (SSSR count). The first-order chi connectivity index (χ1) is 13.4. The van der Waals surface area contributed by atoms with Crippen LogP contribution in [0.4, 0.5) is 13.2 Å². The Labute approximate surface area is 190 Å². The fourth-order valence-electron chi connectivity index (χ4n) is 2.32. The summed E-state index contributed by atoms with van der Waals surface area (Å²) in [7, 11) is 1.68. The molecule has 0 bridgehead atoms. The zero-order chi connectivity index (χ0) is 20.4. The van der Waals surface area contributed by atoms with Gasteiger partial charge in [0.15, 0.2) is 5.96 Å². The maximum atomic E-state index is 12.1. The van der Waals surface area contributed by atoms with Crippen LogP contribution in [0.1, 0.15) is 16.7 Å². The number of halogens is 5. The van der Waals surface area contributed by atoms with Crippen LogP contribution < -0.4 is 10.6 Å². The molecule has 2 aromatic rings. The van der Waals surface area contributed by atoms with E-state index in [-0.39, 0.29) is 30.6 Å². The number of nitrogens with one attached hydrogen (secondary N) is 2. The molecular formula is C19H23ClF3IN4O. The van der Waals surface area contributed by atoms with Crippen LogP contribution in [0.25, 0.3) is 0 Å². The van der Waals surface area contributed by atoms with Crippen LogP contribution in [-0.4, -0.2) is 37.3 Å². The molecule has 0 amide bonds. The van der Waals surface area contributed by atoms with Gasteiger partial charge < -0.3 is 15.4 Å². The summed E-state index contributed by atoms with van der Waals surface area (Å²) in [6.07, 6.45) is -1.80. The zero-order valence-electron chi connectivity index (χ0n) is 15.8. The lowest BCUT2D eigenvalue weighted by atomic mass is 10.1. The lowest BCUT2D eigenvalue weighted by Crippen LogP contribution is -2.37. The second-order valence-corrected chi connectivity index (χ2v) is 6.40. The Bertz CT molecular complexity index is 756. The summed E-state index contributed by atoms with van der Waals surface area (Å²) in [5.41, 5.74) is 2.73. The van der Waals surface area contributed by atoms with Gasteiger partial charge in [0.25, 0.3) is 0 Å². The smallest absolute Gasteiger partial charge is 0.367 e. The van der Waals surface area contributed by atoms with Crippen molar-refractivity contribution in [2.24, 2.45) is 4.99 Å². The van der Waals surface area contributed by atoms with Gasteiger partial charge in [-0.05, 0) is 29.2 Å². The van der Waals surface area contributed by atoms with E-state index in [0.717, 1.165) is 17.5 Å². The van der Waals surface area contributed by atoms with E-state index in [9.17, 15) is 13.2 Å². The maximum absolute atomic E-state index is 12.1. The molecule has 0 fully saturated rings. The number of alkyl halides is 3. The molecule has 0 saturated heterocycles. The minimum Gasteiger partial charge on any atom is -0.367 e. The molecule has 0 unspecified atom stereocenters. The van der Waals surface area contributed by atoms with Crippen LogP contribution in [-0.2, 0) is 24.3 Å². The van der Waals surface area contributed by atoms with Crippen molar-refractivity contribution in [1.29, 1.82) is 0 Å². The monoisotopic (exact) mass is 542 g/mol. The molecule has 0 aliphatic rings. The molecule has 29 heavy (non-hydrogen) atoms. The molecule has 10 heteroatoms. The van der Waals surface area contributed by atoms with Crippen molar-refractivity contribution in [1.82, 2.24) is 15.6 Å². The first kappa shape index (κ1) is 25.4. The molecule has 5 nitrogen and oxygen atoms in total. The SMILES string of the molecule is CN=C(NCCc1ccc(Cl)nc1)NCc1ccc(COCC(F)(F)F)cc1.I. The minimum absolute atomic E-state index is 0. The van der Waals surface area contributed by atoms with Gasteiger partial charge in [-0.1, -0.05) is 41.9 Å². The van der Waals surface area contributed by atoms with E-state index in [1.807, 2.05) is 18.2 Å². The van der Waals surface area contributed by atoms with Crippen LogP contribution in [0.5, 0.6) is 0 Å². The first-order valence-electron chi connectivity index (χ1n) is 8.63. The van der Waals surface area contributed by atoms with Crippen LogP contribution in [0.15, 0.2) is 47.6 Å². The number of ether oxygens (including phenoxy) is 1. The van der Waals surface area contributed by atoms with Crippen molar-refractivity contribution in [3.8, 4) is 0 Å². The average molecular weight is 543 g/mol. The second kappa shape index (κ2) is 12.9. The third-order valence-electron chi connectivity index (χ3n) is 3.74. The fourth-order valence-corrected chi connectivity index (χ4v) is 2.44. The van der Waals surface area contributed by atoms with E-state index in [1.165, 1.54) is 0 Å². The second-order valence-electron chi connectivity index (χ2n) is 6.02. The lowest BCUT2D eigenvalue weighted by Gasteiger charge is -2.12. The third-order valence-corrected chi connectivity index (χ3v) is 3.96. The van der Waals surface area contributed by atoms with E-state index in [4.69, 9.17) is 11.6 Å². The van der Waals surface area contributed by atoms with Crippen LogP contribution >= 0.6 is 35.6 Å². The van der Waals surface area contributed by atoms with E-state index in [1.54, 1.807) is 31.4 Å². The van der Waals surface area contributed by atoms with Gasteiger partial charge in [0.1, 0.15) is 11.8 Å². The Morgan fingerprint density at radius 1 is 1.07 bits per heavy atom. The number of benzene rings is 1. The van der Waals surface area contributed by atoms with E-state index in [2.05, 4.69) is 25.3 Å². The highest BCUT2D eigenvalue weighted by atomic mass is 127. The summed E-state index contributed by atoms with van der Waals surface area (Å²) in [5.74, 6) is 0.652. The van der Waals surface area contributed by atoms with Gasteiger partial charge in [-0.3, -0.25) is 4.99 Å². The largest absolute Gasteiger partial charge is 0.411 e. The summed E-state index contributed by atoms with van der Waals surface area (Å²) in [5, 5.41) is 6.86. The molecule has 0 saturated carbocycles. The Morgan fingerprint density at radius 2 is 1.72 bits per heavy atom. The number of pyridine rings is 1. The number of guanidine groups is 1. The molecular weight excluding hydrogens is 520 g/mol. The summed E-state index contributed by atoms with van der Waals surface area (Å²) in [6.45, 7) is -0.106. The van der Waals surface area contributed by atoms with Crippen molar-refractivity contribution < 1.29 is 17.9 Å². The Hall–Kier alpha value is -1.59. The quantitative estimate of drug-likeness (QED) is 0.226. The number of rotatable bonds is 8. The van der Waals surface area contributed by atoms with Gasteiger partial charge in [0.2, 0.25) is 0 Å². The normalized spacial score (nSPS) is 11.7.